The molecule has 8 heteroatoms. The first kappa shape index (κ1) is 19.4. The number of para-hydroxylation sites is 2. The Morgan fingerprint density at radius 1 is 0.967 bits per heavy atom. The molecule has 0 fully saturated rings. The Morgan fingerprint density at radius 3 is 2.47 bits per heavy atom. The van der Waals surface area contributed by atoms with Gasteiger partial charge >= 0.3 is 11.7 Å². The molecule has 0 spiro atoms. The van der Waals surface area contributed by atoms with Gasteiger partial charge in [0.15, 0.2) is 5.75 Å². The summed E-state index contributed by atoms with van der Waals surface area (Å²) in [5.74, 6) is 0.00412. The van der Waals surface area contributed by atoms with Gasteiger partial charge in [-0.15, -0.1) is 0 Å². The van der Waals surface area contributed by atoms with Crippen LogP contribution >= 0.6 is 11.6 Å². The van der Waals surface area contributed by atoms with Gasteiger partial charge in [0.2, 0.25) is 5.75 Å². The van der Waals surface area contributed by atoms with Crippen LogP contribution in [-0.4, -0.2) is 15.9 Å². The van der Waals surface area contributed by atoms with E-state index in [1.807, 2.05) is 12.1 Å². The summed E-state index contributed by atoms with van der Waals surface area (Å²) in [4.78, 5) is 27.4. The van der Waals surface area contributed by atoms with Crippen LogP contribution in [0.25, 0.3) is 10.9 Å². The third kappa shape index (κ3) is 3.92. The van der Waals surface area contributed by atoms with Gasteiger partial charge in [0.25, 0.3) is 0 Å². The molecule has 0 unspecified atom stereocenters. The molecule has 0 aliphatic heterocycles. The predicted octanol–water partition coefficient (Wildman–Crippen LogP) is 5.81. The molecule has 0 atom stereocenters. The van der Waals surface area contributed by atoms with E-state index in [2.05, 4.69) is 4.98 Å². The summed E-state index contributed by atoms with van der Waals surface area (Å²) in [5.41, 5.74) is 0.609. The molecule has 0 saturated carbocycles. The number of rotatable bonds is 5. The highest BCUT2D eigenvalue weighted by Crippen LogP contribution is 2.37. The number of esters is 1. The number of nitro groups is 1. The maximum atomic E-state index is 12.5. The van der Waals surface area contributed by atoms with Gasteiger partial charge in [-0.1, -0.05) is 35.9 Å². The lowest BCUT2D eigenvalue weighted by atomic mass is 10.2. The molecule has 0 bridgehead atoms. The zero-order chi connectivity index (χ0) is 21.1. The van der Waals surface area contributed by atoms with Crippen molar-refractivity contribution in [1.29, 1.82) is 0 Å². The van der Waals surface area contributed by atoms with E-state index in [0.29, 0.717) is 11.3 Å². The topological polar surface area (TPSA) is 91.6 Å². The van der Waals surface area contributed by atoms with E-state index in [9.17, 15) is 14.9 Å². The largest absolute Gasteiger partial charge is 0.449 e. The van der Waals surface area contributed by atoms with Gasteiger partial charge in [0.05, 0.1) is 15.5 Å². The summed E-state index contributed by atoms with van der Waals surface area (Å²) in [6.45, 7) is 0. The van der Waals surface area contributed by atoms with Crippen LogP contribution < -0.4 is 9.47 Å². The number of fused-ring (bicyclic) bond motifs is 1. The minimum Gasteiger partial charge on any atom is -0.449 e. The second-order valence-corrected chi connectivity index (χ2v) is 6.60. The van der Waals surface area contributed by atoms with Gasteiger partial charge in [0.1, 0.15) is 11.3 Å². The molecule has 0 amide bonds. The summed E-state index contributed by atoms with van der Waals surface area (Å²) in [6.07, 6.45) is 1.62. The predicted molar refractivity (Wildman–Crippen MR) is 111 cm³/mol. The van der Waals surface area contributed by atoms with E-state index < -0.39 is 10.9 Å². The standard InChI is InChI=1S/C22H13ClN2O5/c23-17-6-2-7-18(25(27)28)21(17)29-16-11-9-15(10-12-16)22(26)30-19-8-1-4-14-5-3-13-24-20(14)19/h1-13H. The van der Waals surface area contributed by atoms with Gasteiger partial charge in [-0.05, 0) is 42.5 Å². The SMILES string of the molecule is O=C(Oc1cccc2cccnc12)c1ccc(Oc2c(Cl)cccc2[N+](=O)[O-])cc1. The van der Waals surface area contributed by atoms with Crippen LogP contribution in [0.2, 0.25) is 5.02 Å². The number of carbonyl (C=O) groups is 1. The highest BCUT2D eigenvalue weighted by molar-refractivity contribution is 6.32. The highest BCUT2D eigenvalue weighted by atomic mass is 35.5. The Balaban J connectivity index is 1.54. The molecule has 148 valence electrons. The first-order valence-electron chi connectivity index (χ1n) is 8.79. The Morgan fingerprint density at radius 2 is 1.70 bits per heavy atom. The molecule has 0 radical (unpaired) electrons. The number of aromatic nitrogens is 1. The smallest absolute Gasteiger partial charge is 0.343 e. The van der Waals surface area contributed by atoms with Crippen LogP contribution in [0.3, 0.4) is 0 Å². The van der Waals surface area contributed by atoms with Gasteiger partial charge < -0.3 is 9.47 Å². The van der Waals surface area contributed by atoms with Crippen molar-refractivity contribution in [3.63, 3.8) is 0 Å². The first-order chi connectivity index (χ1) is 14.5. The average Bonchev–Trinajstić information content (AvgIpc) is 2.75. The Hall–Kier alpha value is -3.97. The zero-order valence-corrected chi connectivity index (χ0v) is 16.1. The average molecular weight is 421 g/mol. The van der Waals surface area contributed by atoms with Crippen molar-refractivity contribution in [2.24, 2.45) is 0 Å². The maximum Gasteiger partial charge on any atom is 0.343 e. The molecular formula is C22H13ClN2O5. The molecule has 1 heterocycles. The maximum absolute atomic E-state index is 12.5. The molecule has 30 heavy (non-hydrogen) atoms. The van der Waals surface area contributed by atoms with Crippen LogP contribution in [0.5, 0.6) is 17.2 Å². The fourth-order valence-electron chi connectivity index (χ4n) is 2.84. The van der Waals surface area contributed by atoms with Gasteiger partial charge in [-0.2, -0.15) is 0 Å². The molecule has 0 N–H and O–H groups in total. The number of benzene rings is 3. The number of halogens is 1. The first-order valence-corrected chi connectivity index (χ1v) is 9.17. The van der Waals surface area contributed by atoms with Crippen LogP contribution in [-0.2, 0) is 0 Å². The molecule has 1 aromatic heterocycles. The minimum atomic E-state index is -0.578. The fraction of sp³-hybridized carbons (Fsp3) is 0. The Kier molecular flexibility index (Phi) is 5.28. The molecule has 4 aromatic rings. The lowest BCUT2D eigenvalue weighted by molar-refractivity contribution is -0.385. The number of carbonyl (C=O) groups excluding carboxylic acids is 1. The molecule has 0 saturated heterocycles. The Labute approximate surface area is 175 Å². The van der Waals surface area contributed by atoms with Crippen molar-refractivity contribution in [2.45, 2.75) is 0 Å². The third-order valence-corrected chi connectivity index (χ3v) is 4.55. The Bertz CT molecular complexity index is 1250. The minimum absolute atomic E-state index is 0.0682. The molecule has 3 aromatic carbocycles. The zero-order valence-electron chi connectivity index (χ0n) is 15.3. The number of ether oxygens (including phenoxy) is 2. The summed E-state index contributed by atoms with van der Waals surface area (Å²) < 4.78 is 11.1. The number of nitrogens with zero attached hydrogens (tertiary/aromatic N) is 2. The van der Waals surface area contributed by atoms with Crippen LogP contribution in [0.4, 0.5) is 5.69 Å². The molecule has 7 nitrogen and oxygen atoms in total. The van der Waals surface area contributed by atoms with Gasteiger partial charge in [-0.3, -0.25) is 15.1 Å². The molecular weight excluding hydrogens is 408 g/mol. The second kappa shape index (κ2) is 8.18. The number of nitro benzene ring substituents is 1. The quantitative estimate of drug-likeness (QED) is 0.175. The highest BCUT2D eigenvalue weighted by Gasteiger charge is 2.19. The van der Waals surface area contributed by atoms with E-state index in [4.69, 9.17) is 21.1 Å². The van der Waals surface area contributed by atoms with Gasteiger partial charge in [-0.25, -0.2) is 4.79 Å². The van der Waals surface area contributed by atoms with Crippen molar-refractivity contribution in [2.75, 3.05) is 0 Å². The van der Waals surface area contributed by atoms with Crippen molar-refractivity contribution in [3.05, 3.63) is 99.7 Å². The van der Waals surface area contributed by atoms with E-state index in [1.165, 1.54) is 42.5 Å². The van der Waals surface area contributed by atoms with E-state index in [-0.39, 0.29) is 27.8 Å². The number of pyridine rings is 1. The van der Waals surface area contributed by atoms with Crippen molar-refractivity contribution < 1.29 is 19.2 Å². The lowest BCUT2D eigenvalue weighted by Gasteiger charge is -2.09. The lowest BCUT2D eigenvalue weighted by Crippen LogP contribution is -2.08. The molecule has 0 aliphatic carbocycles. The van der Waals surface area contributed by atoms with E-state index in [0.717, 1.165) is 5.39 Å². The van der Waals surface area contributed by atoms with Crippen LogP contribution in [0.1, 0.15) is 10.4 Å². The normalized spacial score (nSPS) is 10.6. The summed E-state index contributed by atoms with van der Waals surface area (Å²) >= 11 is 6.03. The van der Waals surface area contributed by atoms with Crippen LogP contribution in [0, 0.1) is 10.1 Å². The van der Waals surface area contributed by atoms with E-state index in [1.54, 1.807) is 24.4 Å². The summed E-state index contributed by atoms with van der Waals surface area (Å²) in [5, 5.41) is 12.1. The molecule has 0 aliphatic rings. The number of hydrogen-bond donors (Lipinski definition) is 0. The summed E-state index contributed by atoms with van der Waals surface area (Å²) in [6, 6.07) is 19.3. The molecule has 4 rings (SSSR count). The second-order valence-electron chi connectivity index (χ2n) is 6.19. The van der Waals surface area contributed by atoms with Gasteiger partial charge in [0, 0.05) is 17.6 Å². The van der Waals surface area contributed by atoms with Crippen LogP contribution in [0.15, 0.2) is 79.0 Å². The fourth-order valence-corrected chi connectivity index (χ4v) is 3.04. The third-order valence-electron chi connectivity index (χ3n) is 4.25. The van der Waals surface area contributed by atoms with Crippen molar-refractivity contribution in [3.8, 4) is 17.2 Å². The van der Waals surface area contributed by atoms with E-state index >= 15 is 0 Å². The van der Waals surface area contributed by atoms with Crippen molar-refractivity contribution in [1.82, 2.24) is 4.98 Å². The summed E-state index contributed by atoms with van der Waals surface area (Å²) in [7, 11) is 0. The van der Waals surface area contributed by atoms with Crippen molar-refractivity contribution >= 4 is 34.2 Å². The monoisotopic (exact) mass is 420 g/mol. The number of hydrogen-bond acceptors (Lipinski definition) is 6.